The van der Waals surface area contributed by atoms with Crippen LogP contribution in [0.15, 0.2) is 23.7 Å². The van der Waals surface area contributed by atoms with Gasteiger partial charge in [-0.05, 0) is 44.5 Å². The van der Waals surface area contributed by atoms with Gasteiger partial charge >= 0.3 is 0 Å². The fourth-order valence-electron chi connectivity index (χ4n) is 2.33. The Morgan fingerprint density at radius 2 is 1.82 bits per heavy atom. The molecule has 0 bridgehead atoms. The fourth-order valence-corrected chi connectivity index (χ4v) is 3.10. The van der Waals surface area contributed by atoms with Gasteiger partial charge in [0, 0.05) is 18.0 Å². The Balaban J connectivity index is 1.83. The van der Waals surface area contributed by atoms with Crippen molar-refractivity contribution in [3.05, 3.63) is 39.8 Å². The molecular weight excluding hydrogens is 296 g/mol. The van der Waals surface area contributed by atoms with Crippen molar-refractivity contribution in [1.29, 1.82) is 0 Å². The van der Waals surface area contributed by atoms with Crippen molar-refractivity contribution >= 4 is 11.3 Å². The van der Waals surface area contributed by atoms with Crippen molar-refractivity contribution in [1.82, 2.24) is 9.88 Å². The number of aryl methyl sites for hydroxylation is 1. The first-order valence-corrected chi connectivity index (χ1v) is 8.30. The number of methoxy groups -OCH3 is 2. The highest BCUT2D eigenvalue weighted by molar-refractivity contribution is 7.09. The van der Waals surface area contributed by atoms with E-state index in [0.29, 0.717) is 0 Å². The Morgan fingerprint density at radius 3 is 2.45 bits per heavy atom. The maximum Gasteiger partial charge on any atom is 0.160 e. The maximum atomic E-state index is 5.35. The molecule has 0 aliphatic heterocycles. The lowest BCUT2D eigenvalue weighted by Crippen LogP contribution is -2.23. The normalized spacial score (nSPS) is 11.0. The number of benzene rings is 1. The zero-order valence-electron chi connectivity index (χ0n) is 13.8. The van der Waals surface area contributed by atoms with E-state index in [-0.39, 0.29) is 0 Å². The first-order valence-electron chi connectivity index (χ1n) is 7.42. The van der Waals surface area contributed by atoms with Gasteiger partial charge in [-0.1, -0.05) is 6.07 Å². The predicted molar refractivity (Wildman–Crippen MR) is 91.3 cm³/mol. The van der Waals surface area contributed by atoms with Gasteiger partial charge in [-0.25, -0.2) is 4.98 Å². The van der Waals surface area contributed by atoms with Crippen LogP contribution >= 0.6 is 11.3 Å². The van der Waals surface area contributed by atoms with Crippen molar-refractivity contribution in [2.45, 2.75) is 19.8 Å². The van der Waals surface area contributed by atoms with Crippen LogP contribution in [0.1, 0.15) is 16.1 Å². The number of thiazole rings is 1. The molecule has 0 spiro atoms. The molecule has 0 unspecified atom stereocenters. The third-order valence-corrected chi connectivity index (χ3v) is 4.79. The summed E-state index contributed by atoms with van der Waals surface area (Å²) in [5.41, 5.74) is 4.35. The molecule has 0 aliphatic rings. The van der Waals surface area contributed by atoms with Crippen LogP contribution in [0.4, 0.5) is 0 Å². The third-order valence-electron chi connectivity index (χ3n) is 3.80. The van der Waals surface area contributed by atoms with Crippen molar-refractivity contribution in [2.24, 2.45) is 0 Å². The summed E-state index contributed by atoms with van der Waals surface area (Å²) < 4.78 is 10.6. The Kier molecular flexibility index (Phi) is 6.21. The summed E-state index contributed by atoms with van der Waals surface area (Å²) in [7, 11) is 5.50. The second-order valence-electron chi connectivity index (χ2n) is 5.35. The molecule has 120 valence electrons. The van der Waals surface area contributed by atoms with E-state index in [4.69, 9.17) is 9.47 Å². The minimum Gasteiger partial charge on any atom is -0.493 e. The zero-order valence-corrected chi connectivity index (χ0v) is 14.6. The van der Waals surface area contributed by atoms with Gasteiger partial charge in [-0.15, -0.1) is 11.3 Å². The minimum atomic E-state index is 0.778. The van der Waals surface area contributed by atoms with E-state index in [1.165, 1.54) is 16.1 Å². The summed E-state index contributed by atoms with van der Waals surface area (Å²) in [6, 6.07) is 6.12. The molecular formula is C17H24N2O2S. The van der Waals surface area contributed by atoms with E-state index in [1.807, 2.05) is 11.6 Å². The van der Waals surface area contributed by atoms with Gasteiger partial charge in [0.1, 0.15) is 0 Å². The molecule has 2 rings (SSSR count). The van der Waals surface area contributed by atoms with Crippen molar-refractivity contribution in [3.8, 4) is 11.5 Å². The second kappa shape index (κ2) is 8.15. The summed E-state index contributed by atoms with van der Waals surface area (Å²) >= 11 is 1.75. The summed E-state index contributed by atoms with van der Waals surface area (Å²) in [6.07, 6.45) is 2.07. The van der Waals surface area contributed by atoms with Gasteiger partial charge in [0.05, 0.1) is 25.4 Å². The summed E-state index contributed by atoms with van der Waals surface area (Å²) in [6.45, 7) is 4.15. The van der Waals surface area contributed by atoms with Crippen LogP contribution in [-0.4, -0.2) is 44.2 Å². The molecule has 2 aromatic rings. The highest BCUT2D eigenvalue weighted by Gasteiger charge is 2.07. The molecule has 4 nitrogen and oxygen atoms in total. The van der Waals surface area contributed by atoms with Crippen LogP contribution in [0.3, 0.4) is 0 Å². The molecule has 1 heterocycles. The molecule has 5 heteroatoms. The molecule has 0 atom stereocenters. The van der Waals surface area contributed by atoms with Crippen LogP contribution in [0.5, 0.6) is 11.5 Å². The standard InChI is InChI=1S/C17H24N2O2S/c1-13-17(22-12-18-13)8-10-19(2)9-7-14-5-6-15(20-3)16(11-14)21-4/h5-6,11-12H,7-10H2,1-4H3. The molecule has 0 saturated carbocycles. The maximum absolute atomic E-state index is 5.35. The average molecular weight is 320 g/mol. The van der Waals surface area contributed by atoms with Crippen LogP contribution < -0.4 is 9.47 Å². The second-order valence-corrected chi connectivity index (χ2v) is 6.29. The van der Waals surface area contributed by atoms with Crippen LogP contribution in [0, 0.1) is 6.92 Å². The highest BCUT2D eigenvalue weighted by atomic mass is 32.1. The quantitative estimate of drug-likeness (QED) is 0.748. The lowest BCUT2D eigenvalue weighted by atomic mass is 10.1. The highest BCUT2D eigenvalue weighted by Crippen LogP contribution is 2.27. The number of hydrogen-bond acceptors (Lipinski definition) is 5. The Bertz CT molecular complexity index is 598. The lowest BCUT2D eigenvalue weighted by molar-refractivity contribution is 0.341. The predicted octanol–water partition coefficient (Wildman–Crippen LogP) is 3.19. The van der Waals surface area contributed by atoms with Gasteiger partial charge in [0.2, 0.25) is 0 Å². The number of aromatic nitrogens is 1. The van der Waals surface area contributed by atoms with Gasteiger partial charge in [-0.3, -0.25) is 0 Å². The average Bonchev–Trinajstić information content (AvgIpc) is 2.95. The molecule has 0 radical (unpaired) electrons. The molecule has 0 N–H and O–H groups in total. The molecule has 0 fully saturated rings. The Hall–Kier alpha value is -1.59. The number of nitrogens with zero attached hydrogens (tertiary/aromatic N) is 2. The molecule has 0 saturated heterocycles. The Labute approximate surface area is 136 Å². The number of likely N-dealkylation sites (N-methyl/N-ethyl adjacent to an activating group) is 1. The minimum absolute atomic E-state index is 0.778. The smallest absolute Gasteiger partial charge is 0.160 e. The van der Waals surface area contributed by atoms with Gasteiger partial charge in [0.25, 0.3) is 0 Å². The first kappa shape index (κ1) is 16.8. The van der Waals surface area contributed by atoms with Gasteiger partial charge in [0.15, 0.2) is 11.5 Å². The van der Waals surface area contributed by atoms with Gasteiger partial charge < -0.3 is 14.4 Å². The zero-order chi connectivity index (χ0) is 15.9. The first-order chi connectivity index (χ1) is 10.6. The molecule has 0 aliphatic carbocycles. The van der Waals surface area contributed by atoms with E-state index >= 15 is 0 Å². The monoisotopic (exact) mass is 320 g/mol. The molecule has 0 amide bonds. The SMILES string of the molecule is COc1ccc(CCN(C)CCc2scnc2C)cc1OC. The number of hydrogen-bond donors (Lipinski definition) is 0. The third kappa shape index (κ3) is 4.45. The van der Waals surface area contributed by atoms with Crippen LogP contribution in [0.2, 0.25) is 0 Å². The summed E-state index contributed by atoms with van der Waals surface area (Å²) in [4.78, 5) is 8.04. The molecule has 1 aromatic heterocycles. The van der Waals surface area contributed by atoms with Crippen molar-refractivity contribution < 1.29 is 9.47 Å². The van der Waals surface area contributed by atoms with Crippen LogP contribution in [-0.2, 0) is 12.8 Å². The van der Waals surface area contributed by atoms with Crippen molar-refractivity contribution in [2.75, 3.05) is 34.4 Å². The number of rotatable bonds is 8. The molecule has 1 aromatic carbocycles. The van der Waals surface area contributed by atoms with Gasteiger partial charge in [-0.2, -0.15) is 0 Å². The van der Waals surface area contributed by atoms with E-state index in [9.17, 15) is 0 Å². The largest absolute Gasteiger partial charge is 0.493 e. The fraction of sp³-hybridized carbons (Fsp3) is 0.471. The topological polar surface area (TPSA) is 34.6 Å². The van der Waals surface area contributed by atoms with E-state index in [1.54, 1.807) is 25.6 Å². The van der Waals surface area contributed by atoms with Crippen molar-refractivity contribution in [3.63, 3.8) is 0 Å². The van der Waals surface area contributed by atoms with E-state index < -0.39 is 0 Å². The number of ether oxygens (including phenoxy) is 2. The summed E-state index contributed by atoms with van der Waals surface area (Å²) in [5, 5.41) is 0. The van der Waals surface area contributed by atoms with Crippen LogP contribution in [0.25, 0.3) is 0 Å². The van der Waals surface area contributed by atoms with E-state index in [2.05, 4.69) is 36.0 Å². The molecule has 22 heavy (non-hydrogen) atoms. The van der Waals surface area contributed by atoms with E-state index in [0.717, 1.165) is 37.4 Å². The summed E-state index contributed by atoms with van der Waals surface area (Å²) in [5.74, 6) is 1.57. The lowest BCUT2D eigenvalue weighted by Gasteiger charge is -2.17. The Morgan fingerprint density at radius 1 is 1.09 bits per heavy atom.